The van der Waals surface area contributed by atoms with Gasteiger partial charge in [-0.25, -0.2) is 5.43 Å². The van der Waals surface area contributed by atoms with Crippen molar-refractivity contribution in [3.63, 3.8) is 0 Å². The number of hydrogen-bond donors (Lipinski definition) is 2. The predicted octanol–water partition coefficient (Wildman–Crippen LogP) is 3.40. The van der Waals surface area contributed by atoms with Gasteiger partial charge in [-0.05, 0) is 25.8 Å². The number of rotatable bonds is 4. The first kappa shape index (κ1) is 13.5. The Kier molecular flexibility index (Phi) is 3.51. The number of aromatic amines is 1. The van der Waals surface area contributed by atoms with Gasteiger partial charge in [-0.15, -0.1) is 10.2 Å². The molecule has 0 aliphatic carbocycles. The summed E-state index contributed by atoms with van der Waals surface area (Å²) in [5.41, 5.74) is 7.61. The van der Waals surface area contributed by atoms with Gasteiger partial charge in [-0.1, -0.05) is 31.5 Å². The first-order chi connectivity index (χ1) is 10.2. The van der Waals surface area contributed by atoms with E-state index >= 15 is 0 Å². The Morgan fingerprint density at radius 2 is 2.19 bits per heavy atom. The number of hydrazone groups is 1. The van der Waals surface area contributed by atoms with Crippen LogP contribution in [0.3, 0.4) is 0 Å². The third kappa shape index (κ3) is 2.56. The fourth-order valence-corrected chi connectivity index (χ4v) is 2.35. The summed E-state index contributed by atoms with van der Waals surface area (Å²) in [6.07, 6.45) is 2.02. The highest BCUT2D eigenvalue weighted by Gasteiger charge is 2.09. The van der Waals surface area contributed by atoms with E-state index in [2.05, 4.69) is 50.6 Å². The van der Waals surface area contributed by atoms with E-state index in [1.54, 1.807) is 0 Å². The first-order valence-electron chi connectivity index (χ1n) is 7.10. The van der Waals surface area contributed by atoms with E-state index in [9.17, 15) is 0 Å². The second-order valence-electron chi connectivity index (χ2n) is 5.16. The molecular formula is C15H18N6. The van der Waals surface area contributed by atoms with Crippen LogP contribution in [0.5, 0.6) is 0 Å². The highest BCUT2D eigenvalue weighted by Crippen LogP contribution is 2.24. The van der Waals surface area contributed by atoms with Crippen molar-refractivity contribution in [3.05, 3.63) is 23.8 Å². The van der Waals surface area contributed by atoms with Crippen LogP contribution in [0, 0.1) is 6.92 Å². The number of hydrogen-bond acceptors (Lipinski definition) is 5. The number of fused-ring (bicyclic) bond motifs is 3. The van der Waals surface area contributed by atoms with Crippen molar-refractivity contribution in [3.8, 4) is 0 Å². The summed E-state index contributed by atoms with van der Waals surface area (Å²) >= 11 is 0. The van der Waals surface area contributed by atoms with Crippen LogP contribution in [-0.2, 0) is 0 Å². The molecule has 6 nitrogen and oxygen atoms in total. The van der Waals surface area contributed by atoms with Gasteiger partial charge >= 0.3 is 0 Å². The van der Waals surface area contributed by atoms with E-state index in [-0.39, 0.29) is 0 Å². The number of aryl methyl sites for hydroxylation is 1. The molecule has 0 radical (unpaired) electrons. The Morgan fingerprint density at radius 1 is 1.33 bits per heavy atom. The average Bonchev–Trinajstić information content (AvgIpc) is 2.85. The molecule has 0 amide bonds. The molecule has 2 N–H and O–H groups in total. The molecule has 3 rings (SSSR count). The predicted molar refractivity (Wildman–Crippen MR) is 85.6 cm³/mol. The standard InChI is InChI=1S/C15H18N6/c1-4-6-10(3)18-20-15-17-14-13(19-21-15)11-8-5-7-9(2)12(11)16-14/h5,7-8H,4,6H2,1-3H3,(H2,16,17,20,21)/b18-10-. The fourth-order valence-electron chi connectivity index (χ4n) is 2.35. The first-order valence-corrected chi connectivity index (χ1v) is 7.10. The second kappa shape index (κ2) is 5.47. The molecule has 0 spiro atoms. The molecule has 0 aliphatic rings. The Labute approximate surface area is 122 Å². The molecular weight excluding hydrogens is 264 g/mol. The normalized spacial score (nSPS) is 12.2. The molecule has 6 heteroatoms. The van der Waals surface area contributed by atoms with Crippen molar-refractivity contribution in [1.82, 2.24) is 20.2 Å². The minimum absolute atomic E-state index is 0.405. The van der Waals surface area contributed by atoms with Gasteiger partial charge in [0.2, 0.25) is 0 Å². The molecule has 0 saturated carbocycles. The zero-order valence-corrected chi connectivity index (χ0v) is 12.4. The third-order valence-corrected chi connectivity index (χ3v) is 3.42. The molecule has 2 heterocycles. The average molecular weight is 282 g/mol. The lowest BCUT2D eigenvalue weighted by molar-refractivity contribution is 0.970. The van der Waals surface area contributed by atoms with Gasteiger partial charge in [-0.2, -0.15) is 10.1 Å². The highest BCUT2D eigenvalue weighted by atomic mass is 15.4. The van der Waals surface area contributed by atoms with E-state index in [4.69, 9.17) is 0 Å². The minimum atomic E-state index is 0.405. The van der Waals surface area contributed by atoms with Gasteiger partial charge in [0, 0.05) is 11.1 Å². The number of aromatic nitrogens is 4. The summed E-state index contributed by atoms with van der Waals surface area (Å²) in [5.74, 6) is 0.405. The van der Waals surface area contributed by atoms with E-state index in [0.717, 1.165) is 40.6 Å². The van der Waals surface area contributed by atoms with Crippen molar-refractivity contribution in [1.29, 1.82) is 0 Å². The Morgan fingerprint density at radius 3 is 3.00 bits per heavy atom. The largest absolute Gasteiger partial charge is 0.337 e. The van der Waals surface area contributed by atoms with Crippen LogP contribution in [0.2, 0.25) is 0 Å². The molecule has 0 saturated heterocycles. The van der Waals surface area contributed by atoms with Crippen LogP contribution in [0.15, 0.2) is 23.3 Å². The molecule has 2 aromatic heterocycles. The summed E-state index contributed by atoms with van der Waals surface area (Å²) < 4.78 is 0. The monoisotopic (exact) mass is 282 g/mol. The molecule has 0 unspecified atom stereocenters. The van der Waals surface area contributed by atoms with Gasteiger partial charge in [-0.3, -0.25) is 0 Å². The van der Waals surface area contributed by atoms with Gasteiger partial charge in [0.25, 0.3) is 5.95 Å². The molecule has 3 aromatic rings. The van der Waals surface area contributed by atoms with E-state index in [0.29, 0.717) is 5.95 Å². The summed E-state index contributed by atoms with van der Waals surface area (Å²) in [4.78, 5) is 7.74. The van der Waals surface area contributed by atoms with Crippen molar-refractivity contribution in [2.45, 2.75) is 33.6 Å². The van der Waals surface area contributed by atoms with E-state index in [1.807, 2.05) is 19.1 Å². The lowest BCUT2D eigenvalue weighted by Crippen LogP contribution is -2.02. The third-order valence-electron chi connectivity index (χ3n) is 3.42. The second-order valence-corrected chi connectivity index (χ2v) is 5.16. The van der Waals surface area contributed by atoms with Crippen LogP contribution in [-0.4, -0.2) is 25.9 Å². The molecule has 108 valence electrons. The number of para-hydroxylation sites is 1. The Balaban J connectivity index is 1.99. The van der Waals surface area contributed by atoms with Crippen LogP contribution in [0.4, 0.5) is 5.95 Å². The summed E-state index contributed by atoms with van der Waals surface area (Å²) in [7, 11) is 0. The van der Waals surface area contributed by atoms with Crippen LogP contribution in [0.1, 0.15) is 32.3 Å². The zero-order valence-electron chi connectivity index (χ0n) is 12.4. The van der Waals surface area contributed by atoms with Crippen LogP contribution >= 0.6 is 0 Å². The minimum Gasteiger partial charge on any atom is -0.337 e. The van der Waals surface area contributed by atoms with Crippen molar-refractivity contribution < 1.29 is 0 Å². The number of nitrogens with zero attached hydrogens (tertiary/aromatic N) is 4. The number of anilines is 1. The maximum Gasteiger partial charge on any atom is 0.265 e. The lowest BCUT2D eigenvalue weighted by atomic mass is 10.1. The number of nitrogens with one attached hydrogen (secondary N) is 2. The van der Waals surface area contributed by atoms with Crippen LogP contribution < -0.4 is 5.43 Å². The molecule has 0 bridgehead atoms. The lowest BCUT2D eigenvalue weighted by Gasteiger charge is -1.99. The van der Waals surface area contributed by atoms with Gasteiger partial charge in [0.1, 0.15) is 5.52 Å². The van der Waals surface area contributed by atoms with Crippen molar-refractivity contribution in [2.24, 2.45) is 5.10 Å². The van der Waals surface area contributed by atoms with Gasteiger partial charge < -0.3 is 4.98 Å². The van der Waals surface area contributed by atoms with Gasteiger partial charge in [0.15, 0.2) is 5.65 Å². The van der Waals surface area contributed by atoms with Crippen molar-refractivity contribution in [2.75, 3.05) is 5.43 Å². The van der Waals surface area contributed by atoms with Crippen LogP contribution in [0.25, 0.3) is 22.1 Å². The summed E-state index contributed by atoms with van der Waals surface area (Å²) in [6.45, 7) is 6.16. The molecule has 0 aliphatic heterocycles. The number of H-pyrrole nitrogens is 1. The quantitative estimate of drug-likeness (QED) is 0.568. The molecule has 1 aromatic carbocycles. The molecule has 0 atom stereocenters. The van der Waals surface area contributed by atoms with Gasteiger partial charge in [0.05, 0.1) is 5.52 Å². The Hall–Kier alpha value is -2.50. The maximum atomic E-state index is 4.44. The SMILES string of the molecule is CCC/C(C)=N\Nc1nnc2c(n1)[nH]c1c(C)cccc12. The highest BCUT2D eigenvalue weighted by molar-refractivity contribution is 6.04. The smallest absolute Gasteiger partial charge is 0.265 e. The number of benzene rings is 1. The molecule has 0 fully saturated rings. The summed E-state index contributed by atoms with van der Waals surface area (Å²) in [5, 5.41) is 13.6. The summed E-state index contributed by atoms with van der Waals surface area (Å²) in [6, 6.07) is 6.09. The van der Waals surface area contributed by atoms with Crippen molar-refractivity contribution >= 4 is 33.7 Å². The fraction of sp³-hybridized carbons (Fsp3) is 0.333. The topological polar surface area (TPSA) is 78.8 Å². The van der Waals surface area contributed by atoms with E-state index < -0.39 is 0 Å². The zero-order chi connectivity index (χ0) is 14.8. The molecule has 21 heavy (non-hydrogen) atoms. The maximum absolute atomic E-state index is 4.44. The Bertz CT molecular complexity index is 818. The van der Waals surface area contributed by atoms with E-state index in [1.165, 1.54) is 5.56 Å².